The van der Waals surface area contributed by atoms with Crippen LogP contribution in [0.1, 0.15) is 43.2 Å². The molecule has 102 valence electrons. The van der Waals surface area contributed by atoms with E-state index in [-0.39, 0.29) is 16.6 Å². The van der Waals surface area contributed by atoms with Gasteiger partial charge in [-0.1, -0.05) is 20.8 Å². The summed E-state index contributed by atoms with van der Waals surface area (Å²) in [6, 6.07) is 0. The summed E-state index contributed by atoms with van der Waals surface area (Å²) < 4.78 is 11.2. The number of nitrogens with one attached hydrogen (secondary N) is 1. The Balaban J connectivity index is 2.63. The third-order valence-electron chi connectivity index (χ3n) is 2.50. The zero-order chi connectivity index (χ0) is 13.9. The van der Waals surface area contributed by atoms with Crippen LogP contribution in [0.15, 0.2) is 5.38 Å². The number of thiazole rings is 1. The highest BCUT2D eigenvalue weighted by atomic mass is 32.2. The number of hydrogen-bond donors (Lipinski definition) is 1. The maximum absolute atomic E-state index is 11.8. The molecule has 2 atom stereocenters. The molecule has 0 saturated carbocycles. The van der Waals surface area contributed by atoms with Gasteiger partial charge in [-0.05, 0) is 6.92 Å². The fourth-order valence-electron chi connectivity index (χ4n) is 1.17. The van der Waals surface area contributed by atoms with E-state index in [1.54, 1.807) is 11.6 Å². The smallest absolute Gasteiger partial charge is 0.270 e. The summed E-state index contributed by atoms with van der Waals surface area (Å²) in [5.41, 5.74) is 0.403. The van der Waals surface area contributed by atoms with Gasteiger partial charge >= 0.3 is 0 Å². The normalized spacial score (nSPS) is 15.2. The molecule has 4 nitrogen and oxygen atoms in total. The van der Waals surface area contributed by atoms with Crippen molar-refractivity contribution in [3.05, 3.63) is 16.1 Å². The summed E-state index contributed by atoms with van der Waals surface area (Å²) >= 11 is 1.49. The quantitative estimate of drug-likeness (QED) is 0.921. The highest BCUT2D eigenvalue weighted by molar-refractivity contribution is 7.84. The second kappa shape index (κ2) is 5.93. The summed E-state index contributed by atoms with van der Waals surface area (Å²) in [4.78, 5) is 16.2. The molecule has 0 aliphatic carbocycles. The van der Waals surface area contributed by atoms with E-state index < -0.39 is 10.8 Å². The second-order valence-electron chi connectivity index (χ2n) is 5.31. The molecule has 6 heteroatoms. The summed E-state index contributed by atoms with van der Waals surface area (Å²) in [6.07, 6.45) is 1.64. The molecule has 0 unspecified atom stereocenters. The van der Waals surface area contributed by atoms with Crippen LogP contribution in [0.2, 0.25) is 0 Å². The van der Waals surface area contributed by atoms with E-state index in [9.17, 15) is 9.00 Å². The SMILES string of the molecule is C[C@@H](CNC(=O)c1csc(C(C)(C)C)n1)[S@@](C)=O. The maximum Gasteiger partial charge on any atom is 0.270 e. The van der Waals surface area contributed by atoms with Crippen molar-refractivity contribution < 1.29 is 9.00 Å². The highest BCUT2D eigenvalue weighted by Crippen LogP contribution is 2.25. The average molecular weight is 288 g/mol. The molecule has 1 aromatic heterocycles. The van der Waals surface area contributed by atoms with Gasteiger partial charge in [-0.15, -0.1) is 11.3 Å². The largest absolute Gasteiger partial charge is 0.349 e. The lowest BCUT2D eigenvalue weighted by Crippen LogP contribution is -2.32. The Morgan fingerprint density at radius 1 is 1.56 bits per heavy atom. The van der Waals surface area contributed by atoms with Gasteiger partial charge in [0.1, 0.15) is 5.69 Å². The van der Waals surface area contributed by atoms with Crippen LogP contribution in [-0.4, -0.2) is 33.2 Å². The molecule has 0 aliphatic heterocycles. The van der Waals surface area contributed by atoms with Crippen LogP contribution in [0.4, 0.5) is 0 Å². The minimum absolute atomic E-state index is 0.0403. The minimum Gasteiger partial charge on any atom is -0.349 e. The molecule has 1 rings (SSSR count). The van der Waals surface area contributed by atoms with Gasteiger partial charge in [0.2, 0.25) is 0 Å². The van der Waals surface area contributed by atoms with Crippen LogP contribution >= 0.6 is 11.3 Å². The van der Waals surface area contributed by atoms with Gasteiger partial charge in [0, 0.05) is 39.6 Å². The van der Waals surface area contributed by atoms with Crippen LogP contribution in [-0.2, 0) is 16.2 Å². The van der Waals surface area contributed by atoms with Crippen molar-refractivity contribution in [2.75, 3.05) is 12.8 Å². The van der Waals surface area contributed by atoms with Crippen molar-refractivity contribution in [2.24, 2.45) is 0 Å². The van der Waals surface area contributed by atoms with Gasteiger partial charge in [-0.2, -0.15) is 0 Å². The monoisotopic (exact) mass is 288 g/mol. The molecule has 1 amide bonds. The number of aromatic nitrogens is 1. The van der Waals surface area contributed by atoms with Crippen molar-refractivity contribution in [1.29, 1.82) is 0 Å². The lowest BCUT2D eigenvalue weighted by molar-refractivity contribution is 0.0949. The standard InChI is InChI=1S/C12H20N2O2S2/c1-8(18(5)16)6-13-10(15)9-7-17-11(14-9)12(2,3)4/h7-8H,6H2,1-5H3,(H,13,15)/t8-,18+/m0/s1. The van der Waals surface area contributed by atoms with Gasteiger partial charge in [0.15, 0.2) is 0 Å². The second-order valence-corrected chi connectivity index (χ2v) is 7.97. The molecule has 0 radical (unpaired) electrons. The predicted octanol–water partition coefficient (Wildman–Crippen LogP) is 1.94. The van der Waals surface area contributed by atoms with Crippen molar-refractivity contribution in [1.82, 2.24) is 10.3 Å². The first-order valence-electron chi connectivity index (χ1n) is 5.78. The molecule has 0 saturated heterocycles. The maximum atomic E-state index is 11.8. The summed E-state index contributed by atoms with van der Waals surface area (Å²) in [6.45, 7) is 8.45. The van der Waals surface area contributed by atoms with E-state index in [0.29, 0.717) is 12.2 Å². The van der Waals surface area contributed by atoms with Crippen LogP contribution < -0.4 is 5.32 Å². The van der Waals surface area contributed by atoms with E-state index >= 15 is 0 Å². The first-order chi connectivity index (χ1) is 8.21. The molecule has 0 spiro atoms. The summed E-state index contributed by atoms with van der Waals surface area (Å²) in [5.74, 6) is -0.195. The van der Waals surface area contributed by atoms with Crippen molar-refractivity contribution in [3.63, 3.8) is 0 Å². The number of carbonyl (C=O) groups is 1. The molecule has 0 fully saturated rings. The van der Waals surface area contributed by atoms with E-state index in [1.807, 2.05) is 6.92 Å². The fraction of sp³-hybridized carbons (Fsp3) is 0.667. The molecule has 18 heavy (non-hydrogen) atoms. The van der Waals surface area contributed by atoms with Gasteiger partial charge < -0.3 is 5.32 Å². The van der Waals surface area contributed by atoms with Crippen LogP contribution in [0.3, 0.4) is 0 Å². The molecule has 1 aromatic rings. The van der Waals surface area contributed by atoms with E-state index in [4.69, 9.17) is 0 Å². The summed E-state index contributed by atoms with van der Waals surface area (Å²) in [5, 5.41) is 5.42. The average Bonchev–Trinajstić information content (AvgIpc) is 2.73. The third kappa shape index (κ3) is 4.17. The Morgan fingerprint density at radius 3 is 2.61 bits per heavy atom. The minimum atomic E-state index is -0.925. The molecular formula is C12H20N2O2S2. The van der Waals surface area contributed by atoms with Crippen LogP contribution in [0.25, 0.3) is 0 Å². The number of amides is 1. The van der Waals surface area contributed by atoms with Crippen LogP contribution in [0.5, 0.6) is 0 Å². The number of rotatable bonds is 4. The molecule has 1 N–H and O–H groups in total. The zero-order valence-electron chi connectivity index (χ0n) is 11.4. The van der Waals surface area contributed by atoms with E-state index in [2.05, 4.69) is 31.1 Å². The van der Waals surface area contributed by atoms with E-state index in [0.717, 1.165) is 5.01 Å². The van der Waals surface area contributed by atoms with Crippen molar-refractivity contribution in [2.45, 2.75) is 38.4 Å². The molecule has 1 heterocycles. The number of carbonyl (C=O) groups excluding carboxylic acids is 1. The predicted molar refractivity (Wildman–Crippen MR) is 76.7 cm³/mol. The Bertz CT molecular complexity index is 449. The molecule has 0 aliphatic rings. The van der Waals surface area contributed by atoms with Gasteiger partial charge in [0.05, 0.1) is 5.01 Å². The van der Waals surface area contributed by atoms with Crippen LogP contribution in [0, 0.1) is 0 Å². The summed E-state index contributed by atoms with van der Waals surface area (Å²) in [7, 11) is -0.925. The van der Waals surface area contributed by atoms with Crippen molar-refractivity contribution in [3.8, 4) is 0 Å². The van der Waals surface area contributed by atoms with Crippen molar-refractivity contribution >= 4 is 28.0 Å². The molecule has 0 aromatic carbocycles. The zero-order valence-corrected chi connectivity index (χ0v) is 13.1. The lowest BCUT2D eigenvalue weighted by Gasteiger charge is -2.13. The number of hydrogen-bond acceptors (Lipinski definition) is 4. The Hall–Kier alpha value is -0.750. The van der Waals surface area contributed by atoms with E-state index in [1.165, 1.54) is 11.3 Å². The molecule has 0 bridgehead atoms. The topological polar surface area (TPSA) is 59.1 Å². The highest BCUT2D eigenvalue weighted by Gasteiger charge is 2.20. The number of nitrogens with zero attached hydrogens (tertiary/aromatic N) is 1. The lowest BCUT2D eigenvalue weighted by atomic mass is 9.98. The van der Waals surface area contributed by atoms with Gasteiger partial charge in [0.25, 0.3) is 5.91 Å². The Labute approximate surface area is 115 Å². The first kappa shape index (κ1) is 15.3. The van der Waals surface area contributed by atoms with Gasteiger partial charge in [-0.25, -0.2) is 4.98 Å². The van der Waals surface area contributed by atoms with Gasteiger partial charge in [-0.3, -0.25) is 9.00 Å². The fourth-order valence-corrected chi connectivity index (χ4v) is 2.37. The Morgan fingerprint density at radius 2 is 2.17 bits per heavy atom. The third-order valence-corrected chi connectivity index (χ3v) is 5.06. The Kier molecular flexibility index (Phi) is 5.04. The first-order valence-corrected chi connectivity index (χ1v) is 8.28. The molecular weight excluding hydrogens is 268 g/mol.